The van der Waals surface area contributed by atoms with Crippen LogP contribution in [0.25, 0.3) is 27.9 Å². The van der Waals surface area contributed by atoms with E-state index in [9.17, 15) is 9.18 Å². The van der Waals surface area contributed by atoms with Crippen molar-refractivity contribution in [1.82, 2.24) is 19.9 Å². The second-order valence-electron chi connectivity index (χ2n) is 7.37. The Morgan fingerprint density at radius 3 is 2.45 bits per heavy atom. The van der Waals surface area contributed by atoms with Gasteiger partial charge in [-0.15, -0.1) is 0 Å². The number of nitrogen functional groups attached to an aromatic ring is 1. The molecule has 1 amide bonds. The van der Waals surface area contributed by atoms with Gasteiger partial charge in [-0.05, 0) is 36.6 Å². The number of hydrogen-bond acceptors (Lipinski definition) is 4. The predicted molar refractivity (Wildman–Crippen MR) is 113 cm³/mol. The third-order valence-electron chi connectivity index (χ3n) is 4.83. The lowest BCUT2D eigenvalue weighted by Gasteiger charge is -2.09. The molecule has 29 heavy (non-hydrogen) atoms. The van der Waals surface area contributed by atoms with E-state index in [0.29, 0.717) is 34.7 Å². The first-order valence-electron chi connectivity index (χ1n) is 9.57. The second kappa shape index (κ2) is 7.50. The molecule has 0 radical (unpaired) electrons. The SMILES string of the molecule is CC(C)CCNC(=O)c1c(N)n(-c2ccccc2F)c2nc3ccccc3nc12. The third-order valence-corrected chi connectivity index (χ3v) is 4.83. The summed E-state index contributed by atoms with van der Waals surface area (Å²) >= 11 is 0. The van der Waals surface area contributed by atoms with Crippen molar-refractivity contribution in [1.29, 1.82) is 0 Å². The summed E-state index contributed by atoms with van der Waals surface area (Å²) < 4.78 is 16.0. The Hall–Kier alpha value is -3.48. The first kappa shape index (κ1) is 18.9. The van der Waals surface area contributed by atoms with E-state index in [-0.39, 0.29) is 23.0 Å². The summed E-state index contributed by atoms with van der Waals surface area (Å²) in [6.07, 6.45) is 0.839. The van der Waals surface area contributed by atoms with Gasteiger partial charge < -0.3 is 11.1 Å². The minimum atomic E-state index is -0.460. The van der Waals surface area contributed by atoms with Crippen LogP contribution in [-0.4, -0.2) is 27.0 Å². The second-order valence-corrected chi connectivity index (χ2v) is 7.37. The number of hydrogen-bond donors (Lipinski definition) is 2. The average molecular weight is 391 g/mol. The number of benzene rings is 2. The summed E-state index contributed by atoms with van der Waals surface area (Å²) in [6.45, 7) is 4.69. The van der Waals surface area contributed by atoms with Gasteiger partial charge in [-0.2, -0.15) is 0 Å². The van der Waals surface area contributed by atoms with Gasteiger partial charge in [-0.25, -0.2) is 14.4 Å². The molecule has 0 aliphatic rings. The Morgan fingerprint density at radius 1 is 1.10 bits per heavy atom. The van der Waals surface area contributed by atoms with E-state index in [1.165, 1.54) is 10.6 Å². The molecule has 2 aromatic carbocycles. The summed E-state index contributed by atoms with van der Waals surface area (Å²) in [6, 6.07) is 13.6. The summed E-state index contributed by atoms with van der Waals surface area (Å²) in [5, 5.41) is 2.90. The molecule has 7 heteroatoms. The molecular formula is C22H22FN5O. The third kappa shape index (κ3) is 3.40. The van der Waals surface area contributed by atoms with Crippen molar-refractivity contribution in [3.8, 4) is 5.69 Å². The number of amides is 1. The van der Waals surface area contributed by atoms with Gasteiger partial charge in [0.15, 0.2) is 5.65 Å². The molecule has 4 rings (SSSR count). The van der Waals surface area contributed by atoms with Crippen LogP contribution in [0.3, 0.4) is 0 Å². The van der Waals surface area contributed by atoms with E-state index in [2.05, 4.69) is 29.1 Å². The number of halogens is 1. The number of para-hydroxylation sites is 3. The van der Waals surface area contributed by atoms with Gasteiger partial charge in [0.05, 0.1) is 16.7 Å². The van der Waals surface area contributed by atoms with E-state index < -0.39 is 5.82 Å². The molecule has 0 unspecified atom stereocenters. The van der Waals surface area contributed by atoms with Gasteiger partial charge in [0.25, 0.3) is 5.91 Å². The molecule has 2 heterocycles. The Balaban J connectivity index is 1.95. The maximum Gasteiger partial charge on any atom is 0.257 e. The topological polar surface area (TPSA) is 85.8 Å². The zero-order chi connectivity index (χ0) is 20.5. The minimum absolute atomic E-state index is 0.113. The smallest absolute Gasteiger partial charge is 0.257 e. The first-order chi connectivity index (χ1) is 14.0. The molecule has 0 saturated heterocycles. The number of nitrogens with zero attached hydrogens (tertiary/aromatic N) is 3. The Morgan fingerprint density at radius 2 is 1.76 bits per heavy atom. The normalized spacial score (nSPS) is 11.4. The van der Waals surface area contributed by atoms with Crippen LogP contribution in [0.1, 0.15) is 30.6 Å². The number of carbonyl (C=O) groups excluding carboxylic acids is 1. The van der Waals surface area contributed by atoms with Gasteiger partial charge in [0, 0.05) is 6.54 Å². The van der Waals surface area contributed by atoms with Crippen LogP contribution < -0.4 is 11.1 Å². The van der Waals surface area contributed by atoms with Crippen LogP contribution in [0, 0.1) is 11.7 Å². The van der Waals surface area contributed by atoms with Crippen molar-refractivity contribution in [3.63, 3.8) is 0 Å². The summed E-state index contributed by atoms with van der Waals surface area (Å²) in [5.41, 5.74) is 8.79. The molecule has 0 spiro atoms. The van der Waals surface area contributed by atoms with Crippen molar-refractivity contribution < 1.29 is 9.18 Å². The van der Waals surface area contributed by atoms with Crippen molar-refractivity contribution in [2.75, 3.05) is 12.3 Å². The number of anilines is 1. The van der Waals surface area contributed by atoms with Gasteiger partial charge >= 0.3 is 0 Å². The molecule has 3 N–H and O–H groups in total. The fraction of sp³-hybridized carbons (Fsp3) is 0.227. The molecule has 0 atom stereocenters. The van der Waals surface area contributed by atoms with E-state index in [0.717, 1.165) is 6.42 Å². The number of carbonyl (C=O) groups is 1. The summed E-state index contributed by atoms with van der Waals surface area (Å²) in [5.74, 6) is -0.232. The van der Waals surface area contributed by atoms with Crippen LogP contribution in [0.15, 0.2) is 48.5 Å². The van der Waals surface area contributed by atoms with Crippen molar-refractivity contribution in [2.45, 2.75) is 20.3 Å². The lowest BCUT2D eigenvalue weighted by molar-refractivity contribution is 0.0954. The number of fused-ring (bicyclic) bond motifs is 2. The monoisotopic (exact) mass is 391 g/mol. The molecule has 0 bridgehead atoms. The zero-order valence-electron chi connectivity index (χ0n) is 16.3. The number of nitrogens with one attached hydrogen (secondary N) is 1. The van der Waals surface area contributed by atoms with Crippen molar-refractivity contribution in [3.05, 3.63) is 59.9 Å². The highest BCUT2D eigenvalue weighted by atomic mass is 19.1. The lowest BCUT2D eigenvalue weighted by atomic mass is 10.1. The lowest BCUT2D eigenvalue weighted by Crippen LogP contribution is -2.26. The molecule has 0 fully saturated rings. The van der Waals surface area contributed by atoms with Crippen LogP contribution in [0.2, 0.25) is 0 Å². The first-order valence-corrected chi connectivity index (χ1v) is 9.57. The Bertz CT molecular complexity index is 1210. The zero-order valence-corrected chi connectivity index (χ0v) is 16.3. The highest BCUT2D eigenvalue weighted by Gasteiger charge is 2.25. The molecule has 4 aromatic rings. The van der Waals surface area contributed by atoms with E-state index >= 15 is 0 Å². The number of aromatic nitrogens is 3. The van der Waals surface area contributed by atoms with Crippen molar-refractivity contribution >= 4 is 33.9 Å². The van der Waals surface area contributed by atoms with Gasteiger partial charge in [0.1, 0.15) is 22.7 Å². The molecular weight excluding hydrogens is 369 g/mol. The average Bonchev–Trinajstić information content (AvgIpc) is 2.97. The van der Waals surface area contributed by atoms with E-state index in [1.54, 1.807) is 18.2 Å². The van der Waals surface area contributed by atoms with Crippen LogP contribution in [0.5, 0.6) is 0 Å². The molecule has 0 saturated carbocycles. The molecule has 148 valence electrons. The van der Waals surface area contributed by atoms with Crippen molar-refractivity contribution in [2.24, 2.45) is 5.92 Å². The largest absolute Gasteiger partial charge is 0.384 e. The fourth-order valence-electron chi connectivity index (χ4n) is 3.33. The molecule has 0 aliphatic carbocycles. The highest BCUT2D eigenvalue weighted by molar-refractivity contribution is 6.11. The molecule has 2 aromatic heterocycles. The van der Waals surface area contributed by atoms with Gasteiger partial charge in [-0.3, -0.25) is 9.36 Å². The Labute approximate surface area is 167 Å². The highest BCUT2D eigenvalue weighted by Crippen LogP contribution is 2.31. The molecule has 0 aliphatic heterocycles. The summed E-state index contributed by atoms with van der Waals surface area (Å²) in [4.78, 5) is 22.2. The minimum Gasteiger partial charge on any atom is -0.384 e. The molecule has 6 nitrogen and oxygen atoms in total. The van der Waals surface area contributed by atoms with E-state index in [4.69, 9.17) is 5.73 Å². The van der Waals surface area contributed by atoms with Crippen LogP contribution >= 0.6 is 0 Å². The number of rotatable bonds is 5. The predicted octanol–water partition coefficient (Wildman–Crippen LogP) is 4.07. The summed E-state index contributed by atoms with van der Waals surface area (Å²) in [7, 11) is 0. The fourth-order valence-corrected chi connectivity index (χ4v) is 3.33. The van der Waals surface area contributed by atoms with Crippen LogP contribution in [0.4, 0.5) is 10.2 Å². The quantitative estimate of drug-likeness (QED) is 0.537. The Kier molecular flexibility index (Phi) is 4.88. The maximum atomic E-state index is 14.6. The number of nitrogens with two attached hydrogens (primary N) is 1. The maximum absolute atomic E-state index is 14.6. The standard InChI is InChI=1S/C22H22FN5O/c1-13(2)11-12-25-22(29)18-19-21(27-16-9-5-4-8-15(16)26-19)28(20(18)24)17-10-6-3-7-14(17)23/h3-10,13H,11-12,24H2,1-2H3,(H,25,29). The van der Waals surface area contributed by atoms with Gasteiger partial charge in [0.2, 0.25) is 0 Å². The van der Waals surface area contributed by atoms with Gasteiger partial charge in [-0.1, -0.05) is 38.1 Å². The van der Waals surface area contributed by atoms with E-state index in [1.807, 2.05) is 24.3 Å². The van der Waals surface area contributed by atoms with Crippen LogP contribution in [-0.2, 0) is 0 Å².